The number of hydrogen-bond acceptors (Lipinski definition) is 4. The minimum Gasteiger partial charge on any atom is -0.310 e. The number of benzene rings is 1. The number of likely N-dealkylation sites (tertiary alicyclic amines) is 1. The lowest BCUT2D eigenvalue weighted by Gasteiger charge is -2.30. The molecule has 1 saturated heterocycles. The molecule has 0 spiro atoms. The average molecular weight is 311 g/mol. The van der Waals surface area contributed by atoms with Crippen LogP contribution in [0.2, 0.25) is 0 Å². The third kappa shape index (κ3) is 4.78. The molecule has 0 bridgehead atoms. The summed E-state index contributed by atoms with van der Waals surface area (Å²) in [6.45, 7) is 5.42. The molecule has 1 fully saturated rings. The monoisotopic (exact) mass is 311 g/mol. The van der Waals surface area contributed by atoms with Gasteiger partial charge in [-0.05, 0) is 63.5 Å². The molecule has 2 unspecified atom stereocenters. The Morgan fingerprint density at radius 3 is 2.62 bits per heavy atom. The van der Waals surface area contributed by atoms with Crippen LogP contribution in [-0.2, 0) is 10.0 Å². The summed E-state index contributed by atoms with van der Waals surface area (Å²) < 4.78 is 22.5. The van der Waals surface area contributed by atoms with Gasteiger partial charge in [-0.3, -0.25) is 0 Å². The zero-order valence-electron chi connectivity index (χ0n) is 12.7. The van der Waals surface area contributed by atoms with Crippen molar-refractivity contribution in [1.82, 2.24) is 10.2 Å². The van der Waals surface area contributed by atoms with Crippen LogP contribution in [0.4, 0.5) is 0 Å². The van der Waals surface area contributed by atoms with E-state index in [1.165, 1.54) is 19.4 Å². The highest BCUT2D eigenvalue weighted by Crippen LogP contribution is 2.18. The van der Waals surface area contributed by atoms with Crippen molar-refractivity contribution in [3.63, 3.8) is 0 Å². The number of nitrogens with one attached hydrogen (secondary N) is 1. The first-order chi connectivity index (χ1) is 9.86. The van der Waals surface area contributed by atoms with Gasteiger partial charge in [0.1, 0.15) is 0 Å². The van der Waals surface area contributed by atoms with Gasteiger partial charge in [-0.2, -0.15) is 0 Å². The molecule has 5 nitrogen and oxygen atoms in total. The summed E-state index contributed by atoms with van der Waals surface area (Å²) in [5.41, 5.74) is 1.08. The van der Waals surface area contributed by atoms with Gasteiger partial charge in [0.15, 0.2) is 0 Å². The molecule has 0 aromatic heterocycles. The molecule has 1 aromatic rings. The molecule has 21 heavy (non-hydrogen) atoms. The molecule has 3 N–H and O–H groups in total. The minimum atomic E-state index is -3.61. The topological polar surface area (TPSA) is 75.4 Å². The van der Waals surface area contributed by atoms with Crippen LogP contribution in [0, 0.1) is 5.92 Å². The lowest BCUT2D eigenvalue weighted by atomic mass is 9.98. The maximum atomic E-state index is 11.2. The van der Waals surface area contributed by atoms with Crippen molar-refractivity contribution >= 4 is 10.0 Å². The molecule has 6 heteroatoms. The fourth-order valence-corrected chi connectivity index (χ4v) is 3.36. The van der Waals surface area contributed by atoms with Crippen molar-refractivity contribution in [2.75, 3.05) is 26.7 Å². The summed E-state index contributed by atoms with van der Waals surface area (Å²) in [4.78, 5) is 2.54. The Bertz CT molecular complexity index is 557. The third-order valence-corrected chi connectivity index (χ3v) is 5.07. The van der Waals surface area contributed by atoms with E-state index >= 15 is 0 Å². The van der Waals surface area contributed by atoms with Gasteiger partial charge in [0.25, 0.3) is 0 Å². The third-order valence-electron chi connectivity index (χ3n) is 4.14. The van der Waals surface area contributed by atoms with Crippen molar-refractivity contribution in [2.24, 2.45) is 11.1 Å². The molecule has 2 atom stereocenters. The van der Waals surface area contributed by atoms with E-state index in [0.717, 1.165) is 18.7 Å². The van der Waals surface area contributed by atoms with Gasteiger partial charge < -0.3 is 10.2 Å². The number of nitrogens with two attached hydrogens (primary N) is 1. The van der Waals surface area contributed by atoms with E-state index in [-0.39, 0.29) is 10.9 Å². The van der Waals surface area contributed by atoms with Crippen LogP contribution in [0.25, 0.3) is 0 Å². The summed E-state index contributed by atoms with van der Waals surface area (Å²) in [5, 5.41) is 8.64. The Kier molecular flexibility index (Phi) is 5.37. The molecule has 1 aliphatic rings. The van der Waals surface area contributed by atoms with Crippen LogP contribution < -0.4 is 10.5 Å². The first-order valence-electron chi connectivity index (χ1n) is 7.41. The molecular weight excluding hydrogens is 286 g/mol. The lowest BCUT2D eigenvalue weighted by molar-refractivity contribution is 0.203. The average Bonchev–Trinajstić information content (AvgIpc) is 2.44. The molecule has 1 heterocycles. The molecule has 118 valence electrons. The smallest absolute Gasteiger partial charge is 0.238 e. The predicted molar refractivity (Wildman–Crippen MR) is 84.5 cm³/mol. The van der Waals surface area contributed by atoms with Crippen LogP contribution in [0.3, 0.4) is 0 Å². The second kappa shape index (κ2) is 6.87. The summed E-state index contributed by atoms with van der Waals surface area (Å²) in [7, 11) is -1.44. The van der Waals surface area contributed by atoms with Crippen molar-refractivity contribution in [3.8, 4) is 0 Å². The number of hydrogen-bond donors (Lipinski definition) is 2. The number of sulfonamides is 1. The van der Waals surface area contributed by atoms with Crippen LogP contribution >= 0.6 is 0 Å². The summed E-state index contributed by atoms with van der Waals surface area (Å²) in [5.74, 6) is 0.690. The Labute approximate surface area is 127 Å². The first-order valence-corrected chi connectivity index (χ1v) is 8.95. The van der Waals surface area contributed by atoms with E-state index in [2.05, 4.69) is 24.2 Å². The van der Waals surface area contributed by atoms with E-state index in [1.807, 2.05) is 12.1 Å². The predicted octanol–water partition coefficient (Wildman–Crippen LogP) is 1.33. The largest absolute Gasteiger partial charge is 0.310 e. The molecule has 0 aliphatic carbocycles. The molecule has 2 rings (SSSR count). The van der Waals surface area contributed by atoms with Crippen molar-refractivity contribution < 1.29 is 8.42 Å². The molecule has 0 saturated carbocycles. The van der Waals surface area contributed by atoms with Crippen LogP contribution in [-0.4, -0.2) is 40.0 Å². The summed E-state index contributed by atoms with van der Waals surface area (Å²) >= 11 is 0. The van der Waals surface area contributed by atoms with Gasteiger partial charge >= 0.3 is 0 Å². The van der Waals surface area contributed by atoms with E-state index < -0.39 is 10.0 Å². The number of nitrogens with zero attached hydrogens (tertiary/aromatic N) is 1. The van der Waals surface area contributed by atoms with Crippen LogP contribution in [0.1, 0.15) is 31.4 Å². The van der Waals surface area contributed by atoms with Crippen molar-refractivity contribution in [1.29, 1.82) is 0 Å². The van der Waals surface area contributed by atoms with Gasteiger partial charge in [-0.25, -0.2) is 13.6 Å². The maximum absolute atomic E-state index is 11.2. The lowest BCUT2D eigenvalue weighted by Crippen LogP contribution is -2.37. The molecule has 0 radical (unpaired) electrons. The number of rotatable bonds is 5. The number of primary sulfonamides is 1. The highest BCUT2D eigenvalue weighted by atomic mass is 32.2. The fraction of sp³-hybridized carbons (Fsp3) is 0.600. The normalized spacial score (nSPS) is 22.1. The van der Waals surface area contributed by atoms with Gasteiger partial charge in [0, 0.05) is 12.6 Å². The van der Waals surface area contributed by atoms with Crippen LogP contribution in [0.15, 0.2) is 29.2 Å². The van der Waals surface area contributed by atoms with Crippen molar-refractivity contribution in [3.05, 3.63) is 29.8 Å². The van der Waals surface area contributed by atoms with Gasteiger partial charge in [-0.1, -0.05) is 12.1 Å². The first kappa shape index (κ1) is 16.4. The van der Waals surface area contributed by atoms with E-state index in [0.29, 0.717) is 5.92 Å². The Hall–Kier alpha value is -0.950. The zero-order chi connectivity index (χ0) is 15.5. The summed E-state index contributed by atoms with van der Waals surface area (Å²) in [6, 6.07) is 6.98. The van der Waals surface area contributed by atoms with Crippen molar-refractivity contribution in [2.45, 2.75) is 30.7 Å². The standard InChI is InChI=1S/C15H25N3O2S/c1-12(17-10-13-4-3-9-18(2)11-13)14-5-7-15(8-6-14)21(16,19)20/h5-8,12-13,17H,3-4,9-11H2,1-2H3,(H2,16,19,20). The maximum Gasteiger partial charge on any atom is 0.238 e. The minimum absolute atomic E-state index is 0.160. The van der Waals surface area contributed by atoms with Gasteiger partial charge in [0.2, 0.25) is 10.0 Å². The zero-order valence-corrected chi connectivity index (χ0v) is 13.6. The van der Waals surface area contributed by atoms with E-state index in [4.69, 9.17) is 5.14 Å². The fourth-order valence-electron chi connectivity index (χ4n) is 2.85. The van der Waals surface area contributed by atoms with E-state index in [9.17, 15) is 8.42 Å². The summed E-state index contributed by atoms with van der Waals surface area (Å²) in [6.07, 6.45) is 2.54. The van der Waals surface area contributed by atoms with Gasteiger partial charge in [0.05, 0.1) is 4.90 Å². The molecule has 1 aliphatic heterocycles. The highest BCUT2D eigenvalue weighted by Gasteiger charge is 2.18. The van der Waals surface area contributed by atoms with Gasteiger partial charge in [-0.15, -0.1) is 0 Å². The SMILES string of the molecule is CC(NCC1CCCN(C)C1)c1ccc(S(N)(=O)=O)cc1. The molecule has 1 aromatic carbocycles. The van der Waals surface area contributed by atoms with Crippen LogP contribution in [0.5, 0.6) is 0 Å². The van der Waals surface area contributed by atoms with E-state index in [1.54, 1.807) is 12.1 Å². The quantitative estimate of drug-likeness (QED) is 0.860. The molecule has 0 amide bonds. The second-order valence-electron chi connectivity index (χ2n) is 6.01. The highest BCUT2D eigenvalue weighted by molar-refractivity contribution is 7.89. The Morgan fingerprint density at radius 2 is 2.05 bits per heavy atom. The Balaban J connectivity index is 1.89. The second-order valence-corrected chi connectivity index (χ2v) is 7.58. The Morgan fingerprint density at radius 1 is 1.38 bits per heavy atom. The number of piperidine rings is 1. The molecular formula is C15H25N3O2S.